The Morgan fingerprint density at radius 1 is 1.10 bits per heavy atom. The molecular weight excluding hydrogens is 248 g/mol. The summed E-state index contributed by atoms with van der Waals surface area (Å²) in [6, 6.07) is 16.2. The summed E-state index contributed by atoms with van der Waals surface area (Å²) in [5.74, 6) is 0.870. The van der Waals surface area contributed by atoms with Crippen LogP contribution in [0.5, 0.6) is 5.75 Å². The summed E-state index contributed by atoms with van der Waals surface area (Å²) in [6.07, 6.45) is 1.98. The van der Waals surface area contributed by atoms with Gasteiger partial charge in [0.05, 0.1) is 11.2 Å². The molecule has 0 unspecified atom stereocenters. The van der Waals surface area contributed by atoms with Gasteiger partial charge in [-0.3, -0.25) is 0 Å². The lowest BCUT2D eigenvalue weighted by atomic mass is 10.2. The largest absolute Gasteiger partial charge is 0.489 e. The number of ether oxygens (including phenoxy) is 1. The molecule has 0 fully saturated rings. The van der Waals surface area contributed by atoms with E-state index in [1.54, 1.807) is 0 Å². The molecule has 20 heavy (non-hydrogen) atoms. The van der Waals surface area contributed by atoms with Crippen molar-refractivity contribution in [3.8, 4) is 5.75 Å². The Hall–Kier alpha value is -2.42. The van der Waals surface area contributed by atoms with Gasteiger partial charge in [0, 0.05) is 24.2 Å². The second kappa shape index (κ2) is 5.29. The number of hydrogen-bond donors (Lipinski definition) is 1. The number of aromatic nitrogens is 1. The lowest BCUT2D eigenvalue weighted by molar-refractivity contribution is 0.306. The van der Waals surface area contributed by atoms with Crippen molar-refractivity contribution in [1.29, 1.82) is 0 Å². The monoisotopic (exact) mass is 266 g/mol. The Labute approximate surface area is 118 Å². The van der Waals surface area contributed by atoms with Crippen LogP contribution in [0, 0.1) is 0 Å². The maximum atomic E-state index is 6.01. The van der Waals surface area contributed by atoms with Crippen molar-refractivity contribution in [3.05, 3.63) is 60.3 Å². The molecule has 0 aliphatic rings. The van der Waals surface area contributed by atoms with Crippen molar-refractivity contribution >= 4 is 16.6 Å². The fraction of sp³-hybridized carbons (Fsp3) is 0.176. The summed E-state index contributed by atoms with van der Waals surface area (Å²) in [5.41, 5.74) is 9.11. The molecule has 2 aromatic carbocycles. The van der Waals surface area contributed by atoms with E-state index in [-0.39, 0.29) is 0 Å². The minimum absolute atomic E-state index is 0.578. The molecule has 0 amide bonds. The Morgan fingerprint density at radius 3 is 2.65 bits per heavy atom. The van der Waals surface area contributed by atoms with Crippen LogP contribution in [0.1, 0.15) is 12.5 Å². The summed E-state index contributed by atoms with van der Waals surface area (Å²) < 4.78 is 7.99. The molecule has 0 saturated carbocycles. The molecule has 0 spiro atoms. The standard InChI is InChI=1S/C17H18N2O/c1-2-19-11-16(18)15-9-8-14(10-17(15)19)20-12-13-6-4-3-5-7-13/h3-11H,2,12,18H2,1H3. The van der Waals surface area contributed by atoms with Gasteiger partial charge in [-0.05, 0) is 24.6 Å². The third-order valence-corrected chi connectivity index (χ3v) is 3.47. The van der Waals surface area contributed by atoms with Gasteiger partial charge in [0.2, 0.25) is 0 Å². The maximum absolute atomic E-state index is 6.01. The van der Waals surface area contributed by atoms with Crippen LogP contribution in [0.15, 0.2) is 54.7 Å². The number of nitrogens with two attached hydrogens (primary N) is 1. The first kappa shape index (κ1) is 12.6. The van der Waals surface area contributed by atoms with Gasteiger partial charge in [0.1, 0.15) is 12.4 Å². The summed E-state index contributed by atoms with van der Waals surface area (Å²) in [5, 5.41) is 1.08. The molecule has 3 nitrogen and oxygen atoms in total. The molecule has 0 bridgehead atoms. The highest BCUT2D eigenvalue weighted by atomic mass is 16.5. The van der Waals surface area contributed by atoms with Crippen molar-refractivity contribution in [1.82, 2.24) is 4.57 Å². The zero-order valence-electron chi connectivity index (χ0n) is 11.5. The predicted molar refractivity (Wildman–Crippen MR) is 82.8 cm³/mol. The summed E-state index contributed by atoms with van der Waals surface area (Å²) in [6.45, 7) is 3.58. The minimum Gasteiger partial charge on any atom is -0.489 e. The van der Waals surface area contributed by atoms with Gasteiger partial charge in [-0.2, -0.15) is 0 Å². The molecular formula is C17H18N2O. The van der Waals surface area contributed by atoms with Gasteiger partial charge < -0.3 is 15.0 Å². The van der Waals surface area contributed by atoms with Crippen LogP contribution in [-0.2, 0) is 13.2 Å². The molecule has 0 saturated heterocycles. The van der Waals surface area contributed by atoms with Gasteiger partial charge >= 0.3 is 0 Å². The highest BCUT2D eigenvalue weighted by Gasteiger charge is 2.06. The fourth-order valence-corrected chi connectivity index (χ4v) is 2.39. The zero-order valence-corrected chi connectivity index (χ0v) is 11.5. The van der Waals surface area contributed by atoms with Gasteiger partial charge in [-0.25, -0.2) is 0 Å². The summed E-state index contributed by atoms with van der Waals surface area (Å²) in [4.78, 5) is 0. The van der Waals surface area contributed by atoms with E-state index >= 15 is 0 Å². The van der Waals surface area contributed by atoms with E-state index < -0.39 is 0 Å². The van der Waals surface area contributed by atoms with E-state index in [0.717, 1.165) is 34.4 Å². The topological polar surface area (TPSA) is 40.2 Å². The Balaban J connectivity index is 1.85. The number of nitrogens with zero attached hydrogens (tertiary/aromatic N) is 1. The number of benzene rings is 2. The first-order valence-corrected chi connectivity index (χ1v) is 6.83. The van der Waals surface area contributed by atoms with E-state index in [1.165, 1.54) is 0 Å². The van der Waals surface area contributed by atoms with Crippen molar-refractivity contribution in [2.75, 3.05) is 5.73 Å². The first-order chi connectivity index (χ1) is 9.78. The third-order valence-electron chi connectivity index (χ3n) is 3.47. The lowest BCUT2D eigenvalue weighted by Crippen LogP contribution is -1.96. The zero-order chi connectivity index (χ0) is 13.9. The number of aryl methyl sites for hydroxylation is 1. The molecule has 1 aromatic heterocycles. The number of hydrogen-bond acceptors (Lipinski definition) is 2. The molecule has 0 atom stereocenters. The number of anilines is 1. The SMILES string of the molecule is CCn1cc(N)c2ccc(OCc3ccccc3)cc21. The first-order valence-electron chi connectivity index (χ1n) is 6.83. The lowest BCUT2D eigenvalue weighted by Gasteiger charge is -2.07. The second-order valence-electron chi connectivity index (χ2n) is 4.82. The van der Waals surface area contributed by atoms with Crippen LogP contribution in [0.3, 0.4) is 0 Å². The average molecular weight is 266 g/mol. The predicted octanol–water partition coefficient (Wildman–Crippen LogP) is 3.82. The van der Waals surface area contributed by atoms with Crippen LogP contribution in [0.4, 0.5) is 5.69 Å². The summed E-state index contributed by atoms with van der Waals surface area (Å²) >= 11 is 0. The van der Waals surface area contributed by atoms with E-state index in [4.69, 9.17) is 10.5 Å². The molecule has 0 aliphatic heterocycles. The van der Waals surface area contributed by atoms with Crippen LogP contribution < -0.4 is 10.5 Å². The van der Waals surface area contributed by atoms with E-state index in [1.807, 2.05) is 36.5 Å². The average Bonchev–Trinajstić information content (AvgIpc) is 2.82. The number of fused-ring (bicyclic) bond motifs is 1. The van der Waals surface area contributed by atoms with Gasteiger partial charge in [-0.1, -0.05) is 30.3 Å². The molecule has 3 rings (SSSR count). The molecule has 0 radical (unpaired) electrons. The number of rotatable bonds is 4. The van der Waals surface area contributed by atoms with Crippen molar-refractivity contribution in [2.24, 2.45) is 0 Å². The van der Waals surface area contributed by atoms with Crippen LogP contribution >= 0.6 is 0 Å². The van der Waals surface area contributed by atoms with Crippen molar-refractivity contribution in [3.63, 3.8) is 0 Å². The Kier molecular flexibility index (Phi) is 3.33. The van der Waals surface area contributed by atoms with Crippen molar-refractivity contribution in [2.45, 2.75) is 20.1 Å². The van der Waals surface area contributed by atoms with Crippen LogP contribution in [0.2, 0.25) is 0 Å². The van der Waals surface area contributed by atoms with Crippen LogP contribution in [0.25, 0.3) is 10.9 Å². The number of nitrogen functional groups attached to an aromatic ring is 1. The van der Waals surface area contributed by atoms with Gasteiger partial charge in [0.15, 0.2) is 0 Å². The Bertz CT molecular complexity index is 716. The molecule has 2 N–H and O–H groups in total. The molecule has 3 aromatic rings. The van der Waals surface area contributed by atoms with Crippen LogP contribution in [-0.4, -0.2) is 4.57 Å². The third kappa shape index (κ3) is 2.35. The van der Waals surface area contributed by atoms with E-state index in [9.17, 15) is 0 Å². The Morgan fingerprint density at radius 2 is 1.90 bits per heavy atom. The molecule has 1 heterocycles. The summed E-state index contributed by atoms with van der Waals surface area (Å²) in [7, 11) is 0. The van der Waals surface area contributed by atoms with Crippen molar-refractivity contribution < 1.29 is 4.74 Å². The van der Waals surface area contributed by atoms with E-state index in [0.29, 0.717) is 6.61 Å². The quantitative estimate of drug-likeness (QED) is 0.779. The maximum Gasteiger partial charge on any atom is 0.121 e. The van der Waals surface area contributed by atoms with E-state index in [2.05, 4.69) is 29.7 Å². The fourth-order valence-electron chi connectivity index (χ4n) is 2.39. The molecule has 102 valence electrons. The normalized spacial score (nSPS) is 10.8. The smallest absolute Gasteiger partial charge is 0.121 e. The minimum atomic E-state index is 0.578. The highest BCUT2D eigenvalue weighted by molar-refractivity contribution is 5.92. The second-order valence-corrected chi connectivity index (χ2v) is 4.82. The molecule has 3 heteroatoms. The van der Waals surface area contributed by atoms with Gasteiger partial charge in [-0.15, -0.1) is 0 Å². The van der Waals surface area contributed by atoms with Gasteiger partial charge in [0.25, 0.3) is 0 Å². The molecule has 0 aliphatic carbocycles. The highest BCUT2D eigenvalue weighted by Crippen LogP contribution is 2.27.